The average molecular weight is 379 g/mol. The highest BCUT2D eigenvalue weighted by molar-refractivity contribution is 9.10. The Morgan fingerprint density at radius 3 is 2.67 bits per heavy atom. The van der Waals surface area contributed by atoms with Crippen LogP contribution in [-0.4, -0.2) is 9.60 Å². The van der Waals surface area contributed by atoms with E-state index in [-0.39, 0.29) is 11.2 Å². The average Bonchev–Trinajstić information content (AvgIpc) is 2.39. The Balaban J connectivity index is 2.67. The molecule has 1 heterocycles. The molecule has 0 aliphatic heterocycles. The van der Waals surface area contributed by atoms with E-state index in [2.05, 4.69) is 21.0 Å². The molecular weight excluding hydrogens is 372 g/mol. The molecule has 0 radical (unpaired) electrons. The minimum Gasteiger partial charge on any atom is -0.296 e. The summed E-state index contributed by atoms with van der Waals surface area (Å²) in [6, 6.07) is 8.14. The molecule has 21 heavy (non-hydrogen) atoms. The molecule has 0 unspecified atom stereocenters. The Morgan fingerprint density at radius 2 is 2.05 bits per heavy atom. The molecule has 110 valence electrons. The highest BCUT2D eigenvalue weighted by Gasteiger charge is 2.27. The van der Waals surface area contributed by atoms with Gasteiger partial charge in [-0.2, -0.15) is 8.78 Å². The number of rotatable bonds is 3. The first kappa shape index (κ1) is 15.6. The molecule has 1 aromatic carbocycles. The molecule has 9 heteroatoms. The fourth-order valence-electron chi connectivity index (χ4n) is 1.67. The van der Waals surface area contributed by atoms with Crippen molar-refractivity contribution in [2.75, 3.05) is 0 Å². The van der Waals surface area contributed by atoms with E-state index >= 15 is 0 Å². The predicted octanol–water partition coefficient (Wildman–Crippen LogP) is 3.62. The molecule has 0 amide bonds. The van der Waals surface area contributed by atoms with Gasteiger partial charge in [-0.05, 0) is 51.8 Å². The summed E-state index contributed by atoms with van der Waals surface area (Å²) in [5.41, 5.74) is -0.158. The fourth-order valence-corrected chi connectivity index (χ4v) is 2.13. The van der Waals surface area contributed by atoms with E-state index in [1.54, 1.807) is 6.07 Å². The van der Waals surface area contributed by atoms with Gasteiger partial charge < -0.3 is 0 Å². The summed E-state index contributed by atoms with van der Waals surface area (Å²) in [5, 5.41) is 9.36. The molecular formula is C12H7BrClF2N3O2. The van der Waals surface area contributed by atoms with E-state index in [1.807, 2.05) is 0 Å². The van der Waals surface area contributed by atoms with Gasteiger partial charge in [0, 0.05) is 21.9 Å². The summed E-state index contributed by atoms with van der Waals surface area (Å²) in [6.07, 6.45) is 1.48. The normalized spacial score (nSPS) is 12.5. The van der Waals surface area contributed by atoms with Gasteiger partial charge in [-0.3, -0.25) is 4.57 Å². The molecule has 2 aromatic rings. The zero-order valence-electron chi connectivity index (χ0n) is 10.2. The van der Waals surface area contributed by atoms with Crippen LogP contribution in [0.5, 0.6) is 0 Å². The largest absolute Gasteiger partial charge is 0.348 e. The number of aromatic nitrogens is 1. The van der Waals surface area contributed by atoms with Crippen LogP contribution in [0.1, 0.15) is 5.56 Å². The highest BCUT2D eigenvalue weighted by Crippen LogP contribution is 2.32. The van der Waals surface area contributed by atoms with E-state index in [4.69, 9.17) is 11.6 Å². The van der Waals surface area contributed by atoms with Gasteiger partial charge in [0.15, 0.2) is 5.03 Å². The molecule has 0 N–H and O–H groups in total. The number of hydrogen-bond acceptors (Lipinski definition) is 2. The first-order valence-electron chi connectivity index (χ1n) is 5.52. The maximum Gasteiger partial charge on any atom is 0.348 e. The van der Waals surface area contributed by atoms with Gasteiger partial charge >= 0.3 is 5.38 Å². The molecule has 0 atom stereocenters. The number of nitro groups is 1. The van der Waals surface area contributed by atoms with Gasteiger partial charge in [0.1, 0.15) is 0 Å². The molecule has 0 spiro atoms. The second kappa shape index (κ2) is 5.90. The Bertz CT molecular complexity index is 759. The Hall–Kier alpha value is -1.80. The van der Waals surface area contributed by atoms with Gasteiger partial charge in [0.25, 0.3) is 0 Å². The summed E-state index contributed by atoms with van der Waals surface area (Å²) in [5.74, 6) is 0. The minimum absolute atomic E-state index is 0.0155. The molecule has 2 rings (SSSR count). The van der Waals surface area contributed by atoms with E-state index in [0.29, 0.717) is 4.47 Å². The SMILES string of the molecule is O=[N+]([O-])/N=c1\ccc(Br)cn1-c1cccc(C(F)(F)Cl)c1. The van der Waals surface area contributed by atoms with Gasteiger partial charge in [0.2, 0.25) is 5.49 Å². The van der Waals surface area contributed by atoms with E-state index in [0.717, 1.165) is 6.07 Å². The zero-order valence-corrected chi connectivity index (χ0v) is 12.6. The molecule has 0 aliphatic rings. The monoisotopic (exact) mass is 377 g/mol. The molecule has 5 nitrogen and oxygen atoms in total. The molecule has 0 fully saturated rings. The minimum atomic E-state index is -3.52. The summed E-state index contributed by atoms with van der Waals surface area (Å²) < 4.78 is 28.2. The van der Waals surface area contributed by atoms with Gasteiger partial charge in [-0.25, -0.2) is 10.1 Å². The first-order valence-corrected chi connectivity index (χ1v) is 6.69. The number of pyridine rings is 1. The van der Waals surface area contributed by atoms with Crippen LogP contribution in [0.3, 0.4) is 0 Å². The lowest BCUT2D eigenvalue weighted by Gasteiger charge is -2.12. The standard InChI is InChI=1S/C12H7BrClF2N3O2/c13-9-4-5-11(17-19(20)21)18(7-9)10-3-1-2-8(6-10)12(14,15)16/h1-7H/b17-11+. The van der Waals surface area contributed by atoms with E-state index < -0.39 is 16.0 Å². The molecule has 0 saturated heterocycles. The third-order valence-electron chi connectivity index (χ3n) is 2.53. The van der Waals surface area contributed by atoms with Crippen LogP contribution >= 0.6 is 27.5 Å². The van der Waals surface area contributed by atoms with Gasteiger partial charge in [-0.15, -0.1) is 0 Å². The number of nitrogens with zero attached hydrogens (tertiary/aromatic N) is 3. The smallest absolute Gasteiger partial charge is 0.296 e. The van der Waals surface area contributed by atoms with Crippen LogP contribution in [0.2, 0.25) is 0 Å². The Morgan fingerprint density at radius 1 is 1.33 bits per heavy atom. The van der Waals surface area contributed by atoms with Crippen molar-refractivity contribution in [3.8, 4) is 5.69 Å². The fraction of sp³-hybridized carbons (Fsp3) is 0.0833. The topological polar surface area (TPSA) is 60.4 Å². The van der Waals surface area contributed by atoms with E-state index in [1.165, 1.54) is 35.0 Å². The van der Waals surface area contributed by atoms with Crippen LogP contribution in [-0.2, 0) is 5.38 Å². The lowest BCUT2D eigenvalue weighted by atomic mass is 10.2. The molecule has 0 aliphatic carbocycles. The van der Waals surface area contributed by atoms with Crippen molar-refractivity contribution in [3.63, 3.8) is 0 Å². The van der Waals surface area contributed by atoms with Crippen LogP contribution in [0.4, 0.5) is 8.78 Å². The van der Waals surface area contributed by atoms with Crippen molar-refractivity contribution in [3.05, 3.63) is 68.2 Å². The van der Waals surface area contributed by atoms with Crippen molar-refractivity contribution in [1.29, 1.82) is 0 Å². The van der Waals surface area contributed by atoms with Crippen LogP contribution in [0.15, 0.2) is 52.2 Å². The summed E-state index contributed by atoms with van der Waals surface area (Å²) >= 11 is 8.20. The quantitative estimate of drug-likeness (QED) is 0.465. The predicted molar refractivity (Wildman–Crippen MR) is 75.8 cm³/mol. The third-order valence-corrected chi connectivity index (χ3v) is 3.21. The number of alkyl halides is 3. The maximum atomic E-state index is 13.2. The van der Waals surface area contributed by atoms with E-state index in [9.17, 15) is 18.9 Å². The lowest BCUT2D eigenvalue weighted by Crippen LogP contribution is -2.20. The Labute approximate surface area is 130 Å². The highest BCUT2D eigenvalue weighted by atomic mass is 79.9. The second-order valence-electron chi connectivity index (χ2n) is 3.96. The van der Waals surface area contributed by atoms with Gasteiger partial charge in [-0.1, -0.05) is 12.1 Å². The Kier molecular flexibility index (Phi) is 4.38. The third kappa shape index (κ3) is 3.85. The number of halogens is 4. The van der Waals surface area contributed by atoms with Gasteiger partial charge in [0.05, 0.1) is 5.10 Å². The maximum absolute atomic E-state index is 13.2. The lowest BCUT2D eigenvalue weighted by molar-refractivity contribution is -0.490. The van der Waals surface area contributed by atoms with Crippen molar-refractivity contribution in [2.45, 2.75) is 5.38 Å². The second-order valence-corrected chi connectivity index (χ2v) is 5.35. The summed E-state index contributed by atoms with van der Waals surface area (Å²) in [6.45, 7) is 0. The van der Waals surface area contributed by atoms with Crippen molar-refractivity contribution >= 4 is 27.5 Å². The summed E-state index contributed by atoms with van der Waals surface area (Å²) in [4.78, 5) is 10.5. The van der Waals surface area contributed by atoms with Crippen molar-refractivity contribution < 1.29 is 13.8 Å². The van der Waals surface area contributed by atoms with Crippen molar-refractivity contribution in [2.24, 2.45) is 5.10 Å². The molecule has 1 aromatic heterocycles. The summed E-state index contributed by atoms with van der Waals surface area (Å²) in [7, 11) is 0. The van der Waals surface area contributed by atoms with Crippen LogP contribution < -0.4 is 5.49 Å². The molecule has 0 saturated carbocycles. The van der Waals surface area contributed by atoms with Crippen LogP contribution in [0, 0.1) is 10.1 Å². The van der Waals surface area contributed by atoms with Crippen LogP contribution in [0.25, 0.3) is 5.69 Å². The number of benzene rings is 1. The zero-order chi connectivity index (χ0) is 15.6. The first-order chi connectivity index (χ1) is 9.77. The molecule has 0 bridgehead atoms. The number of hydrogen-bond donors (Lipinski definition) is 0. The van der Waals surface area contributed by atoms with Crippen molar-refractivity contribution in [1.82, 2.24) is 4.57 Å².